The van der Waals surface area contributed by atoms with E-state index in [1.165, 1.54) is 38.2 Å². The van der Waals surface area contributed by atoms with Gasteiger partial charge in [-0.15, -0.1) is 0 Å². The van der Waals surface area contributed by atoms with Gasteiger partial charge < -0.3 is 10.3 Å². The second-order valence-electron chi connectivity index (χ2n) is 7.11. The number of fused-ring (bicyclic) bond motifs is 1. The fourth-order valence-electron chi connectivity index (χ4n) is 3.85. The van der Waals surface area contributed by atoms with E-state index in [2.05, 4.69) is 27.2 Å². The molecule has 0 aromatic carbocycles. The second kappa shape index (κ2) is 7.23. The van der Waals surface area contributed by atoms with E-state index in [4.69, 9.17) is 11.6 Å². The Hall–Kier alpha value is -2.14. The number of rotatable bonds is 4. The van der Waals surface area contributed by atoms with Crippen LogP contribution in [0.4, 0.5) is 10.2 Å². The molecule has 0 radical (unpaired) electrons. The van der Waals surface area contributed by atoms with Crippen LogP contribution < -0.4 is 5.32 Å². The van der Waals surface area contributed by atoms with Gasteiger partial charge in [0.05, 0.1) is 10.7 Å². The van der Waals surface area contributed by atoms with Gasteiger partial charge in [-0.2, -0.15) is 0 Å². The highest BCUT2D eigenvalue weighted by molar-refractivity contribution is 6.31. The lowest BCUT2D eigenvalue weighted by Crippen LogP contribution is -2.28. The normalized spacial score (nSPS) is 16.7. The molecule has 0 saturated heterocycles. The molecule has 4 nitrogen and oxygen atoms in total. The number of hydrogen-bond acceptors (Lipinski definition) is 3. The molecule has 136 valence electrons. The summed E-state index contributed by atoms with van der Waals surface area (Å²) in [5, 5.41) is 4.74. The third kappa shape index (κ3) is 3.40. The summed E-state index contributed by atoms with van der Waals surface area (Å²) in [6, 6.07) is 5.20. The van der Waals surface area contributed by atoms with Gasteiger partial charge in [0.2, 0.25) is 0 Å². The summed E-state index contributed by atoms with van der Waals surface area (Å²) in [7, 11) is 0. The highest BCUT2D eigenvalue weighted by Crippen LogP contribution is 2.31. The number of aromatic nitrogens is 3. The maximum atomic E-state index is 14.4. The molecule has 1 saturated carbocycles. The summed E-state index contributed by atoms with van der Waals surface area (Å²) in [6.45, 7) is 2.12. The minimum atomic E-state index is -0.326. The molecule has 0 bridgehead atoms. The maximum absolute atomic E-state index is 14.4. The first-order valence-electron chi connectivity index (χ1n) is 9.18. The third-order valence-electron chi connectivity index (χ3n) is 5.34. The van der Waals surface area contributed by atoms with Gasteiger partial charge in [0.25, 0.3) is 0 Å². The monoisotopic (exact) mass is 372 g/mol. The largest absolute Gasteiger partial charge is 0.365 e. The summed E-state index contributed by atoms with van der Waals surface area (Å²) in [5.74, 6) is 0.557. The van der Waals surface area contributed by atoms with Gasteiger partial charge in [-0.25, -0.2) is 14.4 Å². The Labute approximate surface area is 157 Å². The number of nitrogens with one attached hydrogen (secondary N) is 2. The molecule has 3 aromatic heterocycles. The molecule has 0 spiro atoms. The quantitative estimate of drug-likeness (QED) is 0.608. The summed E-state index contributed by atoms with van der Waals surface area (Å²) in [5.41, 5.74) is 2.30. The summed E-state index contributed by atoms with van der Waals surface area (Å²) in [4.78, 5) is 11.9. The summed E-state index contributed by atoms with van der Waals surface area (Å²) >= 11 is 6.08. The third-order valence-corrected chi connectivity index (χ3v) is 5.55. The molecule has 2 N–H and O–H groups in total. The molecule has 3 heterocycles. The average molecular weight is 373 g/mol. The van der Waals surface area contributed by atoms with Gasteiger partial charge in [0, 0.05) is 29.4 Å². The lowest BCUT2D eigenvalue weighted by molar-refractivity contribution is 0.327. The topological polar surface area (TPSA) is 53.6 Å². The summed E-state index contributed by atoms with van der Waals surface area (Å²) in [6.07, 6.45) is 9.65. The fraction of sp³-hybridized carbons (Fsp3) is 0.400. The number of anilines is 1. The van der Waals surface area contributed by atoms with Crippen LogP contribution in [0.25, 0.3) is 22.3 Å². The predicted molar refractivity (Wildman–Crippen MR) is 104 cm³/mol. The molecule has 4 rings (SSSR count). The van der Waals surface area contributed by atoms with Crippen molar-refractivity contribution in [3.05, 3.63) is 41.4 Å². The van der Waals surface area contributed by atoms with Crippen LogP contribution in [0.2, 0.25) is 5.02 Å². The molecule has 0 aliphatic heterocycles. The van der Waals surface area contributed by atoms with Crippen molar-refractivity contribution < 1.29 is 4.39 Å². The molecule has 0 amide bonds. The van der Waals surface area contributed by atoms with Crippen molar-refractivity contribution in [2.45, 2.75) is 45.1 Å². The van der Waals surface area contributed by atoms with E-state index in [0.29, 0.717) is 22.5 Å². The van der Waals surface area contributed by atoms with E-state index in [1.54, 1.807) is 12.3 Å². The Kier molecular flexibility index (Phi) is 4.81. The van der Waals surface area contributed by atoms with Crippen LogP contribution in [0, 0.1) is 11.7 Å². The minimum Gasteiger partial charge on any atom is -0.365 e. The molecule has 1 aliphatic rings. The number of halogens is 2. The van der Waals surface area contributed by atoms with E-state index in [0.717, 1.165) is 16.6 Å². The first kappa shape index (κ1) is 17.3. The number of aromatic amines is 1. The molecule has 26 heavy (non-hydrogen) atoms. The average Bonchev–Trinajstić information content (AvgIpc) is 3.07. The molecule has 3 aromatic rings. The van der Waals surface area contributed by atoms with Crippen LogP contribution in [0.5, 0.6) is 0 Å². The Morgan fingerprint density at radius 2 is 2.08 bits per heavy atom. The second-order valence-corrected chi connectivity index (χ2v) is 7.55. The number of pyridine rings is 2. The molecule has 0 unspecified atom stereocenters. The van der Waals surface area contributed by atoms with Crippen molar-refractivity contribution in [3.8, 4) is 11.3 Å². The Morgan fingerprint density at radius 1 is 1.27 bits per heavy atom. The van der Waals surface area contributed by atoms with Crippen molar-refractivity contribution in [1.29, 1.82) is 0 Å². The lowest BCUT2D eigenvalue weighted by atomic mass is 9.84. The van der Waals surface area contributed by atoms with Gasteiger partial charge in [0.1, 0.15) is 5.65 Å². The first-order valence-corrected chi connectivity index (χ1v) is 9.55. The molecular weight excluding hydrogens is 351 g/mol. The fourth-order valence-corrected chi connectivity index (χ4v) is 4.01. The van der Waals surface area contributed by atoms with Crippen molar-refractivity contribution in [1.82, 2.24) is 15.0 Å². The minimum absolute atomic E-state index is 0.201. The Bertz CT molecular complexity index is 917. The summed E-state index contributed by atoms with van der Waals surface area (Å²) < 4.78 is 14.4. The smallest absolute Gasteiger partial charge is 0.165 e. The highest BCUT2D eigenvalue weighted by Gasteiger charge is 2.21. The highest BCUT2D eigenvalue weighted by atomic mass is 35.5. The van der Waals surface area contributed by atoms with E-state index >= 15 is 0 Å². The van der Waals surface area contributed by atoms with E-state index in [9.17, 15) is 4.39 Å². The van der Waals surface area contributed by atoms with Crippen LogP contribution in [-0.4, -0.2) is 21.0 Å². The molecule has 1 fully saturated rings. The van der Waals surface area contributed by atoms with Crippen molar-refractivity contribution >= 4 is 28.5 Å². The zero-order valence-electron chi connectivity index (χ0n) is 14.7. The van der Waals surface area contributed by atoms with Crippen LogP contribution in [-0.2, 0) is 0 Å². The van der Waals surface area contributed by atoms with Gasteiger partial charge in [-0.05, 0) is 43.9 Å². The Morgan fingerprint density at radius 3 is 2.88 bits per heavy atom. The Balaban J connectivity index is 1.64. The number of hydrogen-bond donors (Lipinski definition) is 2. The number of H-pyrrole nitrogens is 1. The van der Waals surface area contributed by atoms with Gasteiger partial charge in [-0.1, -0.05) is 30.9 Å². The predicted octanol–water partition coefficient (Wildman–Crippen LogP) is 5.80. The van der Waals surface area contributed by atoms with Crippen molar-refractivity contribution in [2.24, 2.45) is 5.92 Å². The van der Waals surface area contributed by atoms with Crippen LogP contribution in [0.15, 0.2) is 30.6 Å². The molecular formula is C20H22ClFN4. The standard InChI is InChI=1S/C20H22ClFN4/c1-12(13-5-3-2-4-6-13)25-20-17(22)7-8-18(26-20)16-11-24-19-15(16)9-14(21)10-23-19/h7-13H,2-6H2,1H3,(H,23,24)(H,25,26)/t12-/m0/s1. The van der Waals surface area contributed by atoms with Gasteiger partial charge in [0.15, 0.2) is 11.6 Å². The van der Waals surface area contributed by atoms with Crippen LogP contribution >= 0.6 is 11.6 Å². The van der Waals surface area contributed by atoms with Gasteiger partial charge in [-0.3, -0.25) is 0 Å². The van der Waals surface area contributed by atoms with Crippen molar-refractivity contribution in [2.75, 3.05) is 5.32 Å². The van der Waals surface area contributed by atoms with Crippen LogP contribution in [0.3, 0.4) is 0 Å². The zero-order chi connectivity index (χ0) is 18.1. The van der Waals surface area contributed by atoms with Crippen LogP contribution in [0.1, 0.15) is 39.0 Å². The molecule has 1 aliphatic carbocycles. The molecule has 6 heteroatoms. The SMILES string of the molecule is C[C@H](Nc1nc(-c2c[nH]c3ncc(Cl)cc23)ccc1F)C1CCCCC1. The van der Waals surface area contributed by atoms with E-state index < -0.39 is 0 Å². The maximum Gasteiger partial charge on any atom is 0.165 e. The molecule has 1 atom stereocenters. The van der Waals surface area contributed by atoms with E-state index in [1.807, 2.05) is 12.3 Å². The van der Waals surface area contributed by atoms with Crippen molar-refractivity contribution in [3.63, 3.8) is 0 Å². The zero-order valence-corrected chi connectivity index (χ0v) is 15.5. The lowest BCUT2D eigenvalue weighted by Gasteiger charge is -2.28. The van der Waals surface area contributed by atoms with E-state index in [-0.39, 0.29) is 11.9 Å². The first-order chi connectivity index (χ1) is 12.6. The number of nitrogens with zero attached hydrogens (tertiary/aromatic N) is 2. The van der Waals surface area contributed by atoms with Gasteiger partial charge >= 0.3 is 0 Å².